The van der Waals surface area contributed by atoms with Gasteiger partial charge in [-0.15, -0.1) is 0 Å². The summed E-state index contributed by atoms with van der Waals surface area (Å²) in [5.74, 6) is 1.29. The highest BCUT2D eigenvalue weighted by atomic mass is 19.3. The van der Waals surface area contributed by atoms with E-state index in [0.29, 0.717) is 80.5 Å². The molecule has 3 aromatic rings. The molecule has 2 aliphatic heterocycles. The molecule has 0 unspecified atom stereocenters. The molecule has 1 amide bonds. The number of anilines is 2. The maximum absolute atomic E-state index is 14.2. The molecule has 40 heavy (non-hydrogen) atoms. The van der Waals surface area contributed by atoms with Gasteiger partial charge in [0.25, 0.3) is 6.43 Å². The topological polar surface area (TPSA) is 97.6 Å². The van der Waals surface area contributed by atoms with Crippen molar-refractivity contribution in [2.45, 2.75) is 52.6 Å². The lowest BCUT2D eigenvalue weighted by Gasteiger charge is -2.33. The molecule has 216 valence electrons. The number of nitrogens with one attached hydrogen (secondary N) is 1. The van der Waals surface area contributed by atoms with Crippen molar-refractivity contribution in [3.8, 4) is 5.82 Å². The van der Waals surface area contributed by atoms with Gasteiger partial charge in [-0.25, -0.2) is 18.6 Å². The third-order valence-electron chi connectivity index (χ3n) is 7.11. The van der Waals surface area contributed by atoms with Gasteiger partial charge in [-0.2, -0.15) is 9.97 Å². The van der Waals surface area contributed by atoms with E-state index in [9.17, 15) is 13.6 Å². The average Bonchev–Trinajstić information content (AvgIpc) is 3.31. The fourth-order valence-electron chi connectivity index (χ4n) is 5.04. The SMILES string of the molecule is Cc1ccc2nc(C(F)F)n(-c3cc(N4CCOCC4)nc(NCC4CCN(C(=O)OC(C)(C)C)CC4)n3)c2c1. The number of likely N-dealkylation sites (tertiary alicyclic amines) is 1. The Labute approximate surface area is 232 Å². The van der Waals surface area contributed by atoms with Crippen LogP contribution in [0.5, 0.6) is 0 Å². The molecule has 0 saturated carbocycles. The van der Waals surface area contributed by atoms with E-state index in [1.807, 2.05) is 39.8 Å². The predicted molar refractivity (Wildman–Crippen MR) is 148 cm³/mol. The highest BCUT2D eigenvalue weighted by Gasteiger charge is 2.28. The molecular weight excluding hydrogens is 520 g/mol. The van der Waals surface area contributed by atoms with Crippen LogP contribution in [0.25, 0.3) is 16.9 Å². The summed E-state index contributed by atoms with van der Waals surface area (Å²) < 4.78 is 40.8. The normalized spacial score (nSPS) is 17.1. The Balaban J connectivity index is 1.39. The van der Waals surface area contributed by atoms with Crippen LogP contribution in [0.1, 0.15) is 51.4 Å². The molecule has 0 atom stereocenters. The zero-order valence-electron chi connectivity index (χ0n) is 23.5. The smallest absolute Gasteiger partial charge is 0.410 e. The van der Waals surface area contributed by atoms with Gasteiger partial charge in [0.15, 0.2) is 5.82 Å². The number of carbonyl (C=O) groups excluding carboxylic acids is 1. The molecule has 1 N–H and O–H groups in total. The quantitative estimate of drug-likeness (QED) is 0.455. The van der Waals surface area contributed by atoms with Gasteiger partial charge in [0, 0.05) is 38.8 Å². The number of fused-ring (bicyclic) bond motifs is 1. The minimum absolute atomic E-state index is 0.289. The molecule has 12 heteroatoms. The maximum atomic E-state index is 14.2. The predicted octanol–water partition coefficient (Wildman–Crippen LogP) is 4.96. The molecule has 0 bridgehead atoms. The average molecular weight is 558 g/mol. The Kier molecular flexibility index (Phi) is 8.07. The number of hydrogen-bond donors (Lipinski definition) is 1. The number of carbonyl (C=O) groups is 1. The van der Waals surface area contributed by atoms with E-state index >= 15 is 0 Å². The van der Waals surface area contributed by atoms with Crippen molar-refractivity contribution in [2.24, 2.45) is 5.92 Å². The number of rotatable bonds is 6. The first-order valence-electron chi connectivity index (χ1n) is 13.8. The number of imidazole rings is 1. The van der Waals surface area contributed by atoms with E-state index in [1.54, 1.807) is 17.0 Å². The second kappa shape index (κ2) is 11.5. The number of ether oxygens (including phenoxy) is 2. The minimum Gasteiger partial charge on any atom is -0.444 e. The van der Waals surface area contributed by atoms with E-state index in [0.717, 1.165) is 18.4 Å². The number of benzene rings is 1. The number of alkyl halides is 2. The molecule has 1 aromatic carbocycles. The molecule has 0 spiro atoms. The van der Waals surface area contributed by atoms with Crippen LogP contribution in [-0.2, 0) is 9.47 Å². The molecule has 2 aromatic heterocycles. The van der Waals surface area contributed by atoms with Crippen LogP contribution in [0.4, 0.5) is 25.3 Å². The maximum Gasteiger partial charge on any atom is 0.410 e. The second-order valence-corrected chi connectivity index (χ2v) is 11.4. The monoisotopic (exact) mass is 557 g/mol. The zero-order chi connectivity index (χ0) is 28.4. The Hall–Kier alpha value is -3.54. The van der Waals surface area contributed by atoms with Crippen LogP contribution in [0, 0.1) is 12.8 Å². The van der Waals surface area contributed by atoms with Gasteiger partial charge >= 0.3 is 6.09 Å². The highest BCUT2D eigenvalue weighted by molar-refractivity contribution is 5.79. The van der Waals surface area contributed by atoms with Crippen molar-refractivity contribution in [3.05, 3.63) is 35.7 Å². The Morgan fingerprint density at radius 2 is 1.77 bits per heavy atom. The third-order valence-corrected chi connectivity index (χ3v) is 7.11. The molecule has 2 aliphatic rings. The highest BCUT2D eigenvalue weighted by Crippen LogP contribution is 2.30. The van der Waals surface area contributed by atoms with E-state index in [4.69, 9.17) is 14.5 Å². The first-order chi connectivity index (χ1) is 19.1. The van der Waals surface area contributed by atoms with Crippen molar-refractivity contribution < 1.29 is 23.0 Å². The van der Waals surface area contributed by atoms with Crippen LogP contribution < -0.4 is 10.2 Å². The second-order valence-electron chi connectivity index (χ2n) is 11.4. The lowest BCUT2D eigenvalue weighted by molar-refractivity contribution is 0.0188. The largest absolute Gasteiger partial charge is 0.444 e. The Morgan fingerprint density at radius 3 is 2.45 bits per heavy atom. The fraction of sp³-hybridized carbons (Fsp3) is 0.571. The standard InChI is InChI=1S/C28H37F2N7O3/c1-18-5-6-20-21(15-18)37(25(32-20)24(29)30)23-16-22(35-11-13-39-14-12-35)33-26(34-23)31-17-19-7-9-36(10-8-19)27(38)40-28(2,3)4/h5-6,15-16,19,24H,7-14,17H2,1-4H3,(H,31,33,34). The molecule has 2 fully saturated rings. The molecule has 0 aliphatic carbocycles. The van der Waals surface area contributed by atoms with Crippen molar-refractivity contribution in [1.82, 2.24) is 24.4 Å². The van der Waals surface area contributed by atoms with Crippen molar-refractivity contribution >= 4 is 28.9 Å². The van der Waals surface area contributed by atoms with Crippen LogP contribution in [0.15, 0.2) is 24.3 Å². The van der Waals surface area contributed by atoms with Crippen LogP contribution in [0.2, 0.25) is 0 Å². The number of morpholine rings is 1. The first kappa shape index (κ1) is 28.0. The number of piperidine rings is 1. The summed E-state index contributed by atoms with van der Waals surface area (Å²) >= 11 is 0. The number of amides is 1. The summed E-state index contributed by atoms with van der Waals surface area (Å²) in [6.45, 7) is 11.7. The fourth-order valence-corrected chi connectivity index (χ4v) is 5.04. The molecule has 2 saturated heterocycles. The summed E-state index contributed by atoms with van der Waals surface area (Å²) in [6, 6.07) is 7.19. The van der Waals surface area contributed by atoms with Gasteiger partial charge in [0.1, 0.15) is 17.2 Å². The zero-order valence-corrected chi connectivity index (χ0v) is 23.5. The number of nitrogens with zero attached hydrogens (tertiary/aromatic N) is 6. The molecular formula is C28H37F2N7O3. The number of aryl methyl sites for hydroxylation is 1. The van der Waals surface area contributed by atoms with E-state index in [1.165, 1.54) is 4.57 Å². The minimum atomic E-state index is -2.78. The number of halogens is 2. The molecule has 4 heterocycles. The van der Waals surface area contributed by atoms with E-state index < -0.39 is 12.0 Å². The van der Waals surface area contributed by atoms with Gasteiger partial charge in [0.2, 0.25) is 5.95 Å². The van der Waals surface area contributed by atoms with Crippen LogP contribution >= 0.6 is 0 Å². The number of aromatic nitrogens is 4. The first-order valence-corrected chi connectivity index (χ1v) is 13.8. The Bertz CT molecular complexity index is 1340. The van der Waals surface area contributed by atoms with Crippen molar-refractivity contribution in [1.29, 1.82) is 0 Å². The van der Waals surface area contributed by atoms with Gasteiger partial charge in [0.05, 0.1) is 24.2 Å². The van der Waals surface area contributed by atoms with Crippen molar-refractivity contribution in [3.63, 3.8) is 0 Å². The number of hydrogen-bond acceptors (Lipinski definition) is 8. The third kappa shape index (κ3) is 6.43. The van der Waals surface area contributed by atoms with Gasteiger partial charge < -0.3 is 24.6 Å². The summed E-state index contributed by atoms with van der Waals surface area (Å²) in [5.41, 5.74) is 1.47. The summed E-state index contributed by atoms with van der Waals surface area (Å²) in [7, 11) is 0. The molecule has 0 radical (unpaired) electrons. The lowest BCUT2D eigenvalue weighted by atomic mass is 9.97. The Morgan fingerprint density at radius 1 is 1.07 bits per heavy atom. The molecule has 10 nitrogen and oxygen atoms in total. The van der Waals surface area contributed by atoms with Crippen LogP contribution in [0.3, 0.4) is 0 Å². The summed E-state index contributed by atoms with van der Waals surface area (Å²) in [6.07, 6.45) is -1.45. The van der Waals surface area contributed by atoms with Gasteiger partial charge in [-0.3, -0.25) is 4.57 Å². The molecule has 5 rings (SSSR count). The van der Waals surface area contributed by atoms with Crippen molar-refractivity contribution in [2.75, 3.05) is 56.2 Å². The summed E-state index contributed by atoms with van der Waals surface area (Å²) in [5, 5.41) is 3.35. The van der Waals surface area contributed by atoms with Crippen LogP contribution in [-0.4, -0.2) is 82.1 Å². The van der Waals surface area contributed by atoms with E-state index in [-0.39, 0.29) is 11.9 Å². The lowest BCUT2D eigenvalue weighted by Crippen LogP contribution is -2.42. The summed E-state index contributed by atoms with van der Waals surface area (Å²) in [4.78, 5) is 29.9. The van der Waals surface area contributed by atoms with Gasteiger partial charge in [-0.05, 0) is 64.2 Å². The van der Waals surface area contributed by atoms with E-state index in [2.05, 4.69) is 20.2 Å². The van der Waals surface area contributed by atoms with Gasteiger partial charge in [-0.1, -0.05) is 6.07 Å².